The fourth-order valence-corrected chi connectivity index (χ4v) is 2.88. The van der Waals surface area contributed by atoms with Crippen LogP contribution in [0.3, 0.4) is 0 Å². The number of nitrogens with two attached hydrogens (primary N) is 1. The number of carbonyl (C=O) groups excluding carboxylic acids is 1. The van der Waals surface area contributed by atoms with Crippen molar-refractivity contribution < 1.29 is 18.8 Å². The quantitative estimate of drug-likeness (QED) is 0.554. The highest BCUT2D eigenvalue weighted by Gasteiger charge is 2.17. The molecule has 1 heterocycles. The van der Waals surface area contributed by atoms with Gasteiger partial charge in [-0.05, 0) is 42.8 Å². The summed E-state index contributed by atoms with van der Waals surface area (Å²) in [6.45, 7) is 5.18. The summed E-state index contributed by atoms with van der Waals surface area (Å²) in [5.74, 6) is 0.139. The molecule has 0 saturated carbocycles. The van der Waals surface area contributed by atoms with E-state index in [9.17, 15) is 14.1 Å². The first-order chi connectivity index (χ1) is 10.6. The van der Waals surface area contributed by atoms with Crippen molar-refractivity contribution in [1.29, 1.82) is 0 Å². The molecule has 2 atom stereocenters. The van der Waals surface area contributed by atoms with E-state index < -0.39 is 28.8 Å². The van der Waals surface area contributed by atoms with Crippen LogP contribution in [0.5, 0.6) is 0 Å². The summed E-state index contributed by atoms with van der Waals surface area (Å²) < 4.78 is 20.4. The minimum Gasteiger partial charge on any atom is -0.444 e. The topological polar surface area (TPSA) is 127 Å². The molecule has 8 nitrogen and oxygen atoms in total. The van der Waals surface area contributed by atoms with Crippen LogP contribution in [0.15, 0.2) is 21.6 Å². The molecule has 0 aliphatic heterocycles. The maximum absolute atomic E-state index is 12.1. The summed E-state index contributed by atoms with van der Waals surface area (Å²) in [7, 11) is -1.63. The number of halogens is 1. The van der Waals surface area contributed by atoms with Gasteiger partial charge in [0.05, 0.1) is 11.0 Å². The van der Waals surface area contributed by atoms with Crippen LogP contribution < -0.4 is 15.8 Å². The van der Waals surface area contributed by atoms with E-state index >= 15 is 0 Å². The molecule has 0 radical (unpaired) electrons. The molecule has 0 aliphatic rings. The van der Waals surface area contributed by atoms with Gasteiger partial charge in [-0.1, -0.05) is 0 Å². The van der Waals surface area contributed by atoms with Crippen molar-refractivity contribution in [3.8, 4) is 0 Å². The van der Waals surface area contributed by atoms with E-state index in [1.165, 1.54) is 6.20 Å². The van der Waals surface area contributed by atoms with E-state index in [0.29, 0.717) is 9.37 Å². The van der Waals surface area contributed by atoms with Gasteiger partial charge in [0.15, 0.2) is 0 Å². The monoisotopic (exact) mass is 408 g/mol. The number of ether oxygens (including phenoxy) is 1. The molecule has 0 aliphatic carbocycles. The second kappa shape index (κ2) is 8.57. The molecule has 0 aromatic carbocycles. The Kier molecular flexibility index (Phi) is 7.39. The lowest BCUT2D eigenvalue weighted by Crippen LogP contribution is -2.40. The minimum atomic E-state index is -1.63. The highest BCUT2D eigenvalue weighted by molar-refractivity contribution is 9.10. The Hall–Kier alpha value is -1.23. The molecule has 2 unspecified atom stereocenters. The van der Waals surface area contributed by atoms with Crippen molar-refractivity contribution in [2.75, 3.05) is 18.8 Å². The molecule has 1 amide bonds. The second-order valence-electron chi connectivity index (χ2n) is 5.69. The van der Waals surface area contributed by atoms with Crippen LogP contribution >= 0.6 is 15.9 Å². The number of nitrogens with one attached hydrogen (secondary N) is 2. The Labute approximate surface area is 145 Å². The number of nitrogen functional groups attached to an aromatic ring is 1. The number of anilines is 1. The Morgan fingerprint density at radius 2 is 2.17 bits per heavy atom. The SMILES string of the molecule is CC(C)(C)OC(=O)NCC(O)CNS(=O)c1cc(Br)cnc1N. The van der Waals surface area contributed by atoms with E-state index in [4.69, 9.17) is 10.5 Å². The van der Waals surface area contributed by atoms with Gasteiger partial charge >= 0.3 is 6.09 Å². The zero-order valence-electron chi connectivity index (χ0n) is 13.1. The lowest BCUT2D eigenvalue weighted by Gasteiger charge is -2.20. The molecule has 1 aromatic heterocycles. The van der Waals surface area contributed by atoms with E-state index in [-0.39, 0.29) is 18.9 Å². The van der Waals surface area contributed by atoms with Crippen LogP contribution in [0, 0.1) is 0 Å². The summed E-state index contributed by atoms with van der Waals surface area (Å²) in [5, 5.41) is 12.2. The number of nitrogens with zero attached hydrogens (tertiary/aromatic N) is 1. The van der Waals surface area contributed by atoms with Gasteiger partial charge < -0.3 is 20.9 Å². The third-order valence-electron chi connectivity index (χ3n) is 2.38. The van der Waals surface area contributed by atoms with Gasteiger partial charge in [0.1, 0.15) is 22.4 Å². The summed E-state index contributed by atoms with van der Waals surface area (Å²) in [4.78, 5) is 15.6. The van der Waals surface area contributed by atoms with Gasteiger partial charge in [-0.15, -0.1) is 0 Å². The molecule has 0 fully saturated rings. The number of aliphatic hydroxyl groups excluding tert-OH is 1. The molecule has 0 spiro atoms. The van der Waals surface area contributed by atoms with Crippen LogP contribution in [0.2, 0.25) is 0 Å². The van der Waals surface area contributed by atoms with Crippen molar-refractivity contribution in [3.63, 3.8) is 0 Å². The number of carbonyl (C=O) groups is 1. The van der Waals surface area contributed by atoms with Gasteiger partial charge in [0, 0.05) is 23.8 Å². The van der Waals surface area contributed by atoms with Crippen molar-refractivity contribution >= 4 is 38.8 Å². The van der Waals surface area contributed by atoms with Crippen molar-refractivity contribution in [3.05, 3.63) is 16.7 Å². The number of amides is 1. The molecule has 1 rings (SSSR count). The van der Waals surface area contributed by atoms with Crippen LogP contribution in [-0.2, 0) is 15.7 Å². The van der Waals surface area contributed by atoms with Gasteiger partial charge in [-0.25, -0.2) is 18.7 Å². The lowest BCUT2D eigenvalue weighted by molar-refractivity contribution is 0.0494. The third-order valence-corrected chi connectivity index (χ3v) is 3.97. The third kappa shape index (κ3) is 7.73. The predicted molar refractivity (Wildman–Crippen MR) is 91.0 cm³/mol. The zero-order chi connectivity index (χ0) is 17.6. The summed E-state index contributed by atoms with van der Waals surface area (Å²) >= 11 is 3.22. The van der Waals surface area contributed by atoms with Crippen LogP contribution in [-0.4, -0.2) is 45.2 Å². The Balaban J connectivity index is 2.41. The molecule has 0 bridgehead atoms. The van der Waals surface area contributed by atoms with Gasteiger partial charge in [0.25, 0.3) is 0 Å². The first kappa shape index (κ1) is 19.8. The smallest absolute Gasteiger partial charge is 0.407 e. The molecule has 0 saturated heterocycles. The number of alkyl carbamates (subject to hydrolysis) is 1. The molecule has 23 heavy (non-hydrogen) atoms. The standard InChI is InChI=1S/C13H21BrN4O4S/c1-13(2,3)22-12(20)17-6-9(19)7-18-23(21)10-4-8(14)5-16-11(10)15/h4-5,9,18-19H,6-7H2,1-3H3,(H2,15,16)(H,17,20). The Bertz CT molecular complexity index is 580. The van der Waals surface area contributed by atoms with Crippen molar-refractivity contribution in [2.45, 2.75) is 37.4 Å². The first-order valence-corrected chi connectivity index (χ1v) is 8.74. The molecule has 130 valence electrons. The zero-order valence-corrected chi connectivity index (χ0v) is 15.5. The molecule has 5 N–H and O–H groups in total. The number of hydrogen-bond donors (Lipinski definition) is 4. The fourth-order valence-electron chi connectivity index (χ4n) is 1.42. The fraction of sp³-hybridized carbons (Fsp3) is 0.538. The first-order valence-electron chi connectivity index (χ1n) is 6.79. The van der Waals surface area contributed by atoms with Crippen LogP contribution in [0.4, 0.5) is 10.6 Å². The van der Waals surface area contributed by atoms with Crippen molar-refractivity contribution in [2.24, 2.45) is 0 Å². The van der Waals surface area contributed by atoms with E-state index in [1.807, 2.05) is 0 Å². The lowest BCUT2D eigenvalue weighted by atomic mass is 10.2. The van der Waals surface area contributed by atoms with E-state index in [0.717, 1.165) is 0 Å². The predicted octanol–water partition coefficient (Wildman–Crippen LogP) is 0.924. The van der Waals surface area contributed by atoms with Gasteiger partial charge in [-0.2, -0.15) is 0 Å². The minimum absolute atomic E-state index is 0.00559. The number of rotatable bonds is 6. The summed E-state index contributed by atoms with van der Waals surface area (Å²) in [6, 6.07) is 1.58. The molecule has 1 aromatic rings. The largest absolute Gasteiger partial charge is 0.444 e. The highest BCUT2D eigenvalue weighted by Crippen LogP contribution is 2.18. The number of hydrogen-bond acceptors (Lipinski definition) is 6. The number of aliphatic hydroxyl groups is 1. The molecular formula is C13H21BrN4O4S. The second-order valence-corrected chi connectivity index (χ2v) is 7.87. The average molecular weight is 409 g/mol. The van der Waals surface area contributed by atoms with Gasteiger partial charge in [-0.3, -0.25) is 0 Å². The Morgan fingerprint density at radius 3 is 2.78 bits per heavy atom. The number of aromatic nitrogens is 1. The van der Waals surface area contributed by atoms with E-state index in [2.05, 4.69) is 31.0 Å². The van der Waals surface area contributed by atoms with Crippen LogP contribution in [0.1, 0.15) is 20.8 Å². The normalized spacial score (nSPS) is 14.1. The Morgan fingerprint density at radius 1 is 1.52 bits per heavy atom. The van der Waals surface area contributed by atoms with Crippen LogP contribution in [0.25, 0.3) is 0 Å². The van der Waals surface area contributed by atoms with Gasteiger partial charge in [0.2, 0.25) is 0 Å². The maximum atomic E-state index is 12.1. The van der Waals surface area contributed by atoms with E-state index in [1.54, 1.807) is 26.8 Å². The number of pyridine rings is 1. The highest BCUT2D eigenvalue weighted by atomic mass is 79.9. The average Bonchev–Trinajstić information content (AvgIpc) is 2.43. The summed E-state index contributed by atoms with van der Waals surface area (Å²) in [5.41, 5.74) is 5.04. The molecular weight excluding hydrogens is 388 g/mol. The maximum Gasteiger partial charge on any atom is 0.407 e. The van der Waals surface area contributed by atoms with Crippen molar-refractivity contribution in [1.82, 2.24) is 15.0 Å². The molecule has 10 heteroatoms. The summed E-state index contributed by atoms with van der Waals surface area (Å²) in [6.07, 6.45) is -0.0683.